The summed E-state index contributed by atoms with van der Waals surface area (Å²) in [5.41, 5.74) is 8.51. The lowest BCUT2D eigenvalue weighted by atomic mass is 9.95. The average molecular weight is 479 g/mol. The number of anilines is 1. The van der Waals surface area contributed by atoms with Crippen molar-refractivity contribution < 1.29 is 14.3 Å². The summed E-state index contributed by atoms with van der Waals surface area (Å²) in [6, 6.07) is 9.93. The van der Waals surface area contributed by atoms with Crippen LogP contribution in [0, 0.1) is 0 Å². The molecule has 35 heavy (non-hydrogen) atoms. The van der Waals surface area contributed by atoms with Gasteiger partial charge in [-0.05, 0) is 49.9 Å². The summed E-state index contributed by atoms with van der Waals surface area (Å²) in [4.78, 5) is 16.9. The number of aromatic nitrogens is 2. The number of amides is 1. The van der Waals surface area contributed by atoms with E-state index in [9.17, 15) is 4.79 Å². The fraction of sp³-hybridized carbons (Fsp3) is 0.500. The minimum atomic E-state index is -0.456. The predicted molar refractivity (Wildman–Crippen MR) is 140 cm³/mol. The molecule has 1 saturated carbocycles. The number of nitrogens with two attached hydrogens (primary N) is 1. The number of primary amides is 1. The van der Waals surface area contributed by atoms with Crippen LogP contribution in [0.2, 0.25) is 0 Å². The van der Waals surface area contributed by atoms with Gasteiger partial charge in [0.15, 0.2) is 0 Å². The van der Waals surface area contributed by atoms with Crippen molar-refractivity contribution >= 4 is 17.4 Å². The van der Waals surface area contributed by atoms with Crippen molar-refractivity contribution in [3.8, 4) is 22.8 Å². The first-order valence-corrected chi connectivity index (χ1v) is 13.1. The Balaban J connectivity index is 1.78. The van der Waals surface area contributed by atoms with E-state index in [1.54, 1.807) is 12.3 Å². The molecule has 1 aliphatic rings. The molecule has 0 saturated heterocycles. The van der Waals surface area contributed by atoms with Crippen LogP contribution in [0.1, 0.15) is 82.0 Å². The number of pyridine rings is 1. The van der Waals surface area contributed by atoms with Gasteiger partial charge < -0.3 is 20.5 Å². The number of unbranched alkanes of at least 4 members (excludes halogenated alkanes) is 2. The largest absolute Gasteiger partial charge is 0.493 e. The molecule has 188 valence electrons. The number of benzene rings is 1. The van der Waals surface area contributed by atoms with Crippen LogP contribution in [0.3, 0.4) is 0 Å². The van der Waals surface area contributed by atoms with Gasteiger partial charge in [0.25, 0.3) is 0 Å². The quantitative estimate of drug-likeness (QED) is 0.302. The maximum atomic E-state index is 11.9. The SMILES string of the molecule is CCCCOc1ccc(-c2nc3ccc(C(N)=O)cn3c2NC2CCCCC2)c(OCCCC)c1. The molecule has 7 heteroatoms. The number of hydrogen-bond acceptors (Lipinski definition) is 5. The third-order valence-corrected chi connectivity index (χ3v) is 6.58. The van der Waals surface area contributed by atoms with Crippen LogP contribution in [-0.4, -0.2) is 34.5 Å². The normalized spacial score (nSPS) is 14.2. The summed E-state index contributed by atoms with van der Waals surface area (Å²) in [6.07, 6.45) is 11.8. The maximum Gasteiger partial charge on any atom is 0.250 e. The van der Waals surface area contributed by atoms with Gasteiger partial charge in [-0.25, -0.2) is 4.98 Å². The molecule has 7 nitrogen and oxygen atoms in total. The molecule has 4 rings (SSSR count). The van der Waals surface area contributed by atoms with E-state index >= 15 is 0 Å². The van der Waals surface area contributed by atoms with Gasteiger partial charge in [-0.3, -0.25) is 9.20 Å². The van der Waals surface area contributed by atoms with Crippen molar-refractivity contribution in [2.45, 2.75) is 77.7 Å². The summed E-state index contributed by atoms with van der Waals surface area (Å²) in [6.45, 7) is 5.62. The number of carbonyl (C=O) groups excluding carboxylic acids is 1. The Labute approximate surface area is 208 Å². The Kier molecular flexibility index (Phi) is 8.50. The zero-order valence-electron chi connectivity index (χ0n) is 21.0. The van der Waals surface area contributed by atoms with E-state index in [1.165, 1.54) is 19.3 Å². The Morgan fingerprint density at radius 1 is 1.06 bits per heavy atom. The van der Waals surface area contributed by atoms with E-state index in [0.29, 0.717) is 24.8 Å². The minimum Gasteiger partial charge on any atom is -0.493 e. The van der Waals surface area contributed by atoms with Crippen LogP contribution < -0.4 is 20.5 Å². The van der Waals surface area contributed by atoms with E-state index in [4.69, 9.17) is 20.2 Å². The second kappa shape index (κ2) is 12.0. The second-order valence-corrected chi connectivity index (χ2v) is 9.36. The summed E-state index contributed by atoms with van der Waals surface area (Å²) in [7, 11) is 0. The third-order valence-electron chi connectivity index (χ3n) is 6.58. The van der Waals surface area contributed by atoms with Crippen LogP contribution >= 0.6 is 0 Å². The standard InChI is InChI=1S/C28H38N4O3/c1-3-5-16-34-22-13-14-23(24(18-22)35-17-6-4-2)26-28(30-21-10-8-7-9-11-21)32-19-20(27(29)33)12-15-25(32)31-26/h12-15,18-19,21,30H,3-11,16-17H2,1-2H3,(H2,29,33). The van der Waals surface area contributed by atoms with Crippen molar-refractivity contribution in [1.29, 1.82) is 0 Å². The molecule has 1 aromatic carbocycles. The second-order valence-electron chi connectivity index (χ2n) is 9.36. The topological polar surface area (TPSA) is 90.9 Å². The predicted octanol–water partition coefficient (Wildman–Crippen LogP) is 6.20. The molecule has 0 unspecified atom stereocenters. The van der Waals surface area contributed by atoms with Gasteiger partial charge in [0.2, 0.25) is 5.91 Å². The van der Waals surface area contributed by atoms with Gasteiger partial charge in [-0.1, -0.05) is 46.0 Å². The average Bonchev–Trinajstić information content (AvgIpc) is 3.22. The lowest BCUT2D eigenvalue weighted by molar-refractivity contribution is 0.1000. The summed E-state index contributed by atoms with van der Waals surface area (Å²) in [5, 5.41) is 3.75. The molecular formula is C28H38N4O3. The molecule has 1 aliphatic carbocycles. The molecule has 0 aliphatic heterocycles. The number of rotatable bonds is 12. The fourth-order valence-electron chi connectivity index (χ4n) is 4.52. The molecule has 2 heterocycles. The van der Waals surface area contributed by atoms with Gasteiger partial charge in [0.05, 0.1) is 18.8 Å². The van der Waals surface area contributed by atoms with E-state index in [0.717, 1.165) is 72.7 Å². The van der Waals surface area contributed by atoms with E-state index in [2.05, 4.69) is 19.2 Å². The van der Waals surface area contributed by atoms with Crippen LogP contribution in [0.4, 0.5) is 5.82 Å². The number of nitrogens with one attached hydrogen (secondary N) is 1. The van der Waals surface area contributed by atoms with Crippen molar-refractivity contribution in [3.05, 3.63) is 42.1 Å². The molecule has 3 aromatic rings. The van der Waals surface area contributed by atoms with Gasteiger partial charge in [-0.2, -0.15) is 0 Å². The molecule has 3 N–H and O–H groups in total. The Hall–Kier alpha value is -3.22. The van der Waals surface area contributed by atoms with Gasteiger partial charge >= 0.3 is 0 Å². The lowest BCUT2D eigenvalue weighted by Gasteiger charge is -2.24. The number of carbonyl (C=O) groups is 1. The smallest absolute Gasteiger partial charge is 0.250 e. The number of hydrogen-bond donors (Lipinski definition) is 2. The summed E-state index contributed by atoms with van der Waals surface area (Å²) >= 11 is 0. The van der Waals surface area contributed by atoms with Crippen molar-refractivity contribution in [2.75, 3.05) is 18.5 Å². The molecule has 0 radical (unpaired) electrons. The van der Waals surface area contributed by atoms with Gasteiger partial charge in [0, 0.05) is 23.9 Å². The number of fused-ring (bicyclic) bond motifs is 1. The van der Waals surface area contributed by atoms with Gasteiger partial charge in [0.1, 0.15) is 28.7 Å². The highest BCUT2D eigenvalue weighted by molar-refractivity contribution is 5.93. The monoisotopic (exact) mass is 478 g/mol. The zero-order valence-corrected chi connectivity index (χ0v) is 21.0. The van der Waals surface area contributed by atoms with E-state index < -0.39 is 5.91 Å². The van der Waals surface area contributed by atoms with Crippen LogP contribution in [0.15, 0.2) is 36.5 Å². The Bertz CT molecular complexity index is 1130. The van der Waals surface area contributed by atoms with Crippen LogP contribution in [0.5, 0.6) is 11.5 Å². The fourth-order valence-corrected chi connectivity index (χ4v) is 4.52. The molecule has 0 bridgehead atoms. The van der Waals surface area contributed by atoms with Crippen LogP contribution in [0.25, 0.3) is 16.9 Å². The zero-order chi connectivity index (χ0) is 24.6. The molecule has 1 fully saturated rings. The first kappa shape index (κ1) is 24.9. The van der Waals surface area contributed by atoms with Crippen LogP contribution in [-0.2, 0) is 0 Å². The first-order chi connectivity index (χ1) is 17.1. The first-order valence-electron chi connectivity index (χ1n) is 13.1. The Morgan fingerprint density at radius 2 is 1.80 bits per heavy atom. The minimum absolute atomic E-state index is 0.362. The van der Waals surface area contributed by atoms with E-state index in [-0.39, 0.29) is 0 Å². The third kappa shape index (κ3) is 6.08. The summed E-state index contributed by atoms with van der Waals surface area (Å²) < 4.78 is 14.2. The molecule has 1 amide bonds. The molecule has 2 aromatic heterocycles. The molecular weight excluding hydrogens is 440 g/mol. The highest BCUT2D eigenvalue weighted by Crippen LogP contribution is 2.39. The number of imidazole rings is 1. The van der Waals surface area contributed by atoms with Crippen molar-refractivity contribution in [3.63, 3.8) is 0 Å². The number of nitrogens with zero attached hydrogens (tertiary/aromatic N) is 2. The van der Waals surface area contributed by atoms with Crippen molar-refractivity contribution in [1.82, 2.24) is 9.38 Å². The Morgan fingerprint density at radius 3 is 2.51 bits per heavy atom. The number of ether oxygens (including phenoxy) is 2. The van der Waals surface area contributed by atoms with Crippen molar-refractivity contribution in [2.24, 2.45) is 5.73 Å². The van der Waals surface area contributed by atoms with E-state index in [1.807, 2.05) is 28.7 Å². The molecule has 0 atom stereocenters. The maximum absolute atomic E-state index is 11.9. The van der Waals surface area contributed by atoms with Gasteiger partial charge in [-0.15, -0.1) is 0 Å². The molecule has 0 spiro atoms. The lowest BCUT2D eigenvalue weighted by Crippen LogP contribution is -2.23. The highest BCUT2D eigenvalue weighted by Gasteiger charge is 2.23. The summed E-state index contributed by atoms with van der Waals surface area (Å²) in [5.74, 6) is 1.98. The highest BCUT2D eigenvalue weighted by atomic mass is 16.5.